The molecule has 0 aliphatic heterocycles. The number of aromatic nitrogens is 1. The Bertz CT molecular complexity index is 533. The zero-order valence-electron chi connectivity index (χ0n) is 11.5. The van der Waals surface area contributed by atoms with E-state index in [4.69, 9.17) is 4.74 Å². The van der Waals surface area contributed by atoms with Crippen LogP contribution in [0.25, 0.3) is 0 Å². The number of rotatable bonds is 4. The number of benzene rings is 1. The van der Waals surface area contributed by atoms with Crippen LogP contribution in [0.1, 0.15) is 43.9 Å². The van der Waals surface area contributed by atoms with Gasteiger partial charge in [-0.3, -0.25) is 0 Å². The normalized spacial score (nSPS) is 12.5. The van der Waals surface area contributed by atoms with Crippen molar-refractivity contribution >= 4 is 0 Å². The van der Waals surface area contributed by atoms with Gasteiger partial charge in [0.1, 0.15) is 5.75 Å². The zero-order chi connectivity index (χ0) is 13.8. The lowest BCUT2D eigenvalue weighted by atomic mass is 10.0. The molecule has 0 fully saturated rings. The maximum atomic E-state index is 9.53. The van der Waals surface area contributed by atoms with Crippen LogP contribution in [0.5, 0.6) is 11.6 Å². The van der Waals surface area contributed by atoms with Gasteiger partial charge in [-0.2, -0.15) is 0 Å². The van der Waals surface area contributed by atoms with E-state index >= 15 is 0 Å². The molecule has 3 heteroatoms. The highest BCUT2D eigenvalue weighted by molar-refractivity contribution is 5.32. The van der Waals surface area contributed by atoms with Crippen LogP contribution in [0.2, 0.25) is 0 Å². The van der Waals surface area contributed by atoms with Crippen LogP contribution in [0.15, 0.2) is 42.6 Å². The maximum Gasteiger partial charge on any atom is 0.219 e. The predicted molar refractivity (Wildman–Crippen MR) is 75.5 cm³/mol. The minimum atomic E-state index is -0.520. The summed E-state index contributed by atoms with van der Waals surface area (Å²) in [4.78, 5) is 4.14. The molecule has 100 valence electrons. The van der Waals surface area contributed by atoms with Gasteiger partial charge in [-0.1, -0.05) is 26.0 Å². The molecule has 0 bridgehead atoms. The van der Waals surface area contributed by atoms with Gasteiger partial charge in [0.25, 0.3) is 0 Å². The van der Waals surface area contributed by atoms with Crippen molar-refractivity contribution in [2.24, 2.45) is 0 Å². The SMILES string of the molecule is CC(C)c1ccc(Oc2cc([C@H](C)O)ccn2)cc1. The van der Waals surface area contributed by atoms with Gasteiger partial charge in [-0.15, -0.1) is 0 Å². The Morgan fingerprint density at radius 2 is 1.68 bits per heavy atom. The summed E-state index contributed by atoms with van der Waals surface area (Å²) in [6.45, 7) is 6.03. The van der Waals surface area contributed by atoms with Gasteiger partial charge in [-0.25, -0.2) is 4.98 Å². The molecule has 2 aromatic rings. The summed E-state index contributed by atoms with van der Waals surface area (Å²) in [6.07, 6.45) is 1.12. The van der Waals surface area contributed by atoms with Gasteiger partial charge < -0.3 is 9.84 Å². The molecule has 1 aromatic heterocycles. The van der Waals surface area contributed by atoms with E-state index in [2.05, 4.69) is 31.0 Å². The molecule has 1 heterocycles. The fourth-order valence-electron chi connectivity index (χ4n) is 1.78. The fourth-order valence-corrected chi connectivity index (χ4v) is 1.78. The van der Waals surface area contributed by atoms with E-state index in [1.165, 1.54) is 5.56 Å². The highest BCUT2D eigenvalue weighted by Gasteiger charge is 2.05. The van der Waals surface area contributed by atoms with Crippen molar-refractivity contribution in [3.05, 3.63) is 53.7 Å². The molecule has 0 aliphatic rings. The lowest BCUT2D eigenvalue weighted by Gasteiger charge is -2.09. The van der Waals surface area contributed by atoms with Crippen molar-refractivity contribution in [1.29, 1.82) is 0 Å². The van der Waals surface area contributed by atoms with Gasteiger partial charge in [0.15, 0.2) is 0 Å². The second kappa shape index (κ2) is 5.85. The third-order valence-electron chi connectivity index (χ3n) is 3.01. The number of ether oxygens (including phenoxy) is 1. The summed E-state index contributed by atoms with van der Waals surface area (Å²) in [5.41, 5.74) is 2.07. The molecule has 0 unspecified atom stereocenters. The molecule has 0 saturated carbocycles. The summed E-state index contributed by atoms with van der Waals surface area (Å²) in [5, 5.41) is 9.53. The lowest BCUT2D eigenvalue weighted by Crippen LogP contribution is -1.94. The third-order valence-corrected chi connectivity index (χ3v) is 3.01. The second-order valence-corrected chi connectivity index (χ2v) is 4.93. The first-order valence-corrected chi connectivity index (χ1v) is 6.48. The molecule has 19 heavy (non-hydrogen) atoms. The fraction of sp³-hybridized carbons (Fsp3) is 0.312. The summed E-state index contributed by atoms with van der Waals surface area (Å²) >= 11 is 0. The van der Waals surface area contributed by atoms with Crippen LogP contribution in [-0.2, 0) is 0 Å². The van der Waals surface area contributed by atoms with Gasteiger partial charge >= 0.3 is 0 Å². The van der Waals surface area contributed by atoms with Gasteiger partial charge in [0, 0.05) is 12.3 Å². The average Bonchev–Trinajstić information content (AvgIpc) is 2.39. The van der Waals surface area contributed by atoms with Gasteiger partial charge in [0.05, 0.1) is 6.10 Å². The van der Waals surface area contributed by atoms with Crippen molar-refractivity contribution in [1.82, 2.24) is 4.98 Å². The molecule has 3 nitrogen and oxygen atoms in total. The van der Waals surface area contributed by atoms with Crippen LogP contribution in [0.3, 0.4) is 0 Å². The highest BCUT2D eigenvalue weighted by Crippen LogP contribution is 2.24. The summed E-state index contributed by atoms with van der Waals surface area (Å²) in [5.74, 6) is 1.75. The van der Waals surface area contributed by atoms with Crippen molar-refractivity contribution in [2.75, 3.05) is 0 Å². The molecule has 1 atom stereocenters. The molecular weight excluding hydrogens is 238 g/mol. The monoisotopic (exact) mass is 257 g/mol. The number of hydrogen-bond donors (Lipinski definition) is 1. The Balaban J connectivity index is 2.14. The Morgan fingerprint density at radius 1 is 1.00 bits per heavy atom. The van der Waals surface area contributed by atoms with Crippen LogP contribution < -0.4 is 4.74 Å². The minimum absolute atomic E-state index is 0.496. The molecule has 2 rings (SSSR count). The van der Waals surface area contributed by atoms with E-state index in [1.807, 2.05) is 12.1 Å². The third kappa shape index (κ3) is 3.55. The number of nitrogens with zero attached hydrogens (tertiary/aromatic N) is 1. The quantitative estimate of drug-likeness (QED) is 0.898. The van der Waals surface area contributed by atoms with E-state index in [-0.39, 0.29) is 0 Å². The number of pyridine rings is 1. The summed E-state index contributed by atoms with van der Waals surface area (Å²) in [6, 6.07) is 11.5. The largest absolute Gasteiger partial charge is 0.439 e. The van der Waals surface area contributed by atoms with Crippen molar-refractivity contribution in [2.45, 2.75) is 32.8 Å². The molecule has 0 radical (unpaired) electrons. The number of aliphatic hydroxyl groups is 1. The molecule has 0 aliphatic carbocycles. The molecular formula is C16H19NO2. The standard InChI is InChI=1S/C16H19NO2/c1-11(2)13-4-6-15(7-5-13)19-16-10-14(12(3)18)8-9-17-16/h4-12,18H,1-3H3/t12-/m0/s1. The van der Waals surface area contributed by atoms with Gasteiger partial charge in [0.2, 0.25) is 5.88 Å². The highest BCUT2D eigenvalue weighted by atomic mass is 16.5. The molecule has 0 amide bonds. The summed E-state index contributed by atoms with van der Waals surface area (Å²) < 4.78 is 5.68. The zero-order valence-corrected chi connectivity index (χ0v) is 11.5. The summed E-state index contributed by atoms with van der Waals surface area (Å²) in [7, 11) is 0. The molecule has 0 spiro atoms. The van der Waals surface area contributed by atoms with E-state index in [0.717, 1.165) is 11.3 Å². The first-order chi connectivity index (χ1) is 9.06. The van der Waals surface area contributed by atoms with Crippen LogP contribution in [0, 0.1) is 0 Å². The van der Waals surface area contributed by atoms with E-state index in [9.17, 15) is 5.11 Å². The Hall–Kier alpha value is -1.87. The Labute approximate surface area is 113 Å². The topological polar surface area (TPSA) is 42.4 Å². The van der Waals surface area contributed by atoms with E-state index < -0.39 is 6.10 Å². The number of aliphatic hydroxyl groups excluding tert-OH is 1. The molecule has 1 aromatic carbocycles. The van der Waals surface area contributed by atoms with Crippen LogP contribution in [0.4, 0.5) is 0 Å². The van der Waals surface area contributed by atoms with Gasteiger partial charge in [-0.05, 0) is 42.2 Å². The Kier molecular flexibility index (Phi) is 4.17. The number of hydrogen-bond acceptors (Lipinski definition) is 3. The van der Waals surface area contributed by atoms with Crippen molar-refractivity contribution in [3.63, 3.8) is 0 Å². The van der Waals surface area contributed by atoms with E-state index in [0.29, 0.717) is 11.8 Å². The first-order valence-electron chi connectivity index (χ1n) is 6.48. The minimum Gasteiger partial charge on any atom is -0.439 e. The van der Waals surface area contributed by atoms with Crippen molar-refractivity contribution in [3.8, 4) is 11.6 Å². The smallest absolute Gasteiger partial charge is 0.219 e. The average molecular weight is 257 g/mol. The van der Waals surface area contributed by atoms with Crippen LogP contribution in [-0.4, -0.2) is 10.1 Å². The molecule has 1 N–H and O–H groups in total. The second-order valence-electron chi connectivity index (χ2n) is 4.93. The van der Waals surface area contributed by atoms with Crippen LogP contribution >= 0.6 is 0 Å². The lowest BCUT2D eigenvalue weighted by molar-refractivity contribution is 0.198. The Morgan fingerprint density at radius 3 is 2.26 bits per heavy atom. The van der Waals surface area contributed by atoms with E-state index in [1.54, 1.807) is 25.3 Å². The van der Waals surface area contributed by atoms with Crippen molar-refractivity contribution < 1.29 is 9.84 Å². The predicted octanol–water partition coefficient (Wildman–Crippen LogP) is 4.05. The maximum absolute atomic E-state index is 9.53. The first kappa shape index (κ1) is 13.6. The molecule has 0 saturated heterocycles.